The molecule has 4 rings (SSSR count). The second kappa shape index (κ2) is 9.75. The quantitative estimate of drug-likeness (QED) is 0.389. The number of ether oxygens (including phenoxy) is 1. The first kappa shape index (κ1) is 21.1. The zero-order valence-corrected chi connectivity index (χ0v) is 18.0. The average molecular weight is 425 g/mol. The van der Waals surface area contributed by atoms with E-state index < -0.39 is 0 Å². The van der Waals surface area contributed by atoms with Gasteiger partial charge in [-0.05, 0) is 68.4 Å². The first-order valence-electron chi connectivity index (χ1n) is 10.4. The summed E-state index contributed by atoms with van der Waals surface area (Å²) >= 11 is 0. The van der Waals surface area contributed by atoms with Crippen LogP contribution in [-0.2, 0) is 0 Å². The molecule has 6 heteroatoms. The number of carbonyl (C=O) groups is 1. The zero-order chi connectivity index (χ0) is 22.3. The fourth-order valence-corrected chi connectivity index (χ4v) is 3.17. The number of hydrogen-bond acceptors (Lipinski definition) is 5. The lowest BCUT2D eigenvalue weighted by atomic mass is 10.1. The summed E-state index contributed by atoms with van der Waals surface area (Å²) in [5.74, 6) is 1.18. The van der Waals surface area contributed by atoms with Crippen LogP contribution < -0.4 is 15.4 Å². The van der Waals surface area contributed by atoms with Crippen molar-refractivity contribution < 1.29 is 9.53 Å². The van der Waals surface area contributed by atoms with Gasteiger partial charge in [-0.2, -0.15) is 0 Å². The molecular formula is C26H24N4O2. The highest BCUT2D eigenvalue weighted by Gasteiger charge is 2.08. The summed E-state index contributed by atoms with van der Waals surface area (Å²) in [6.45, 7) is 4.58. The number of aromatic nitrogens is 2. The smallest absolute Gasteiger partial charge is 0.255 e. The van der Waals surface area contributed by atoms with Crippen LogP contribution in [0.4, 0.5) is 17.2 Å². The van der Waals surface area contributed by atoms with Gasteiger partial charge in [0, 0.05) is 22.5 Å². The van der Waals surface area contributed by atoms with Crippen molar-refractivity contribution in [3.63, 3.8) is 0 Å². The molecule has 0 aliphatic heterocycles. The van der Waals surface area contributed by atoms with Gasteiger partial charge in [-0.1, -0.05) is 35.9 Å². The van der Waals surface area contributed by atoms with E-state index >= 15 is 0 Å². The zero-order valence-electron chi connectivity index (χ0n) is 18.0. The lowest BCUT2D eigenvalue weighted by Gasteiger charge is -2.09. The molecule has 0 aliphatic rings. The highest BCUT2D eigenvalue weighted by Crippen LogP contribution is 2.21. The topological polar surface area (TPSA) is 76.1 Å². The molecule has 0 saturated heterocycles. The minimum atomic E-state index is -0.196. The predicted octanol–water partition coefficient (Wildman–Crippen LogP) is 5.85. The largest absolute Gasteiger partial charge is 0.494 e. The van der Waals surface area contributed by atoms with Gasteiger partial charge in [0.25, 0.3) is 5.91 Å². The third kappa shape index (κ3) is 5.29. The van der Waals surface area contributed by atoms with Gasteiger partial charge in [0.2, 0.25) is 0 Å². The fraction of sp³-hybridized carbons (Fsp3) is 0.115. The van der Waals surface area contributed by atoms with Crippen LogP contribution in [0.3, 0.4) is 0 Å². The van der Waals surface area contributed by atoms with Crippen molar-refractivity contribution in [3.05, 3.63) is 96.1 Å². The molecule has 4 aromatic rings. The summed E-state index contributed by atoms with van der Waals surface area (Å²) in [4.78, 5) is 12.7. The fourth-order valence-electron chi connectivity index (χ4n) is 3.17. The van der Waals surface area contributed by atoms with Gasteiger partial charge in [-0.25, -0.2) is 0 Å². The van der Waals surface area contributed by atoms with E-state index in [0.717, 1.165) is 22.7 Å². The van der Waals surface area contributed by atoms with Crippen LogP contribution in [0.2, 0.25) is 0 Å². The molecule has 1 heterocycles. The molecule has 0 saturated carbocycles. The van der Waals surface area contributed by atoms with Gasteiger partial charge < -0.3 is 15.4 Å². The minimum Gasteiger partial charge on any atom is -0.494 e. The average Bonchev–Trinajstić information content (AvgIpc) is 2.82. The molecule has 1 amide bonds. The standard InChI is InChI=1S/C26H24N4O2/c1-3-32-23-13-11-21(12-14-23)28-26(31)20-5-4-6-22(17-20)27-25-16-15-24(29-30-25)19-9-7-18(2)8-10-19/h4-17H,3H2,1-2H3,(H,27,30)(H,28,31). The maximum atomic E-state index is 12.7. The summed E-state index contributed by atoms with van der Waals surface area (Å²) in [5.41, 5.74) is 5.01. The first-order valence-corrected chi connectivity index (χ1v) is 10.4. The maximum absolute atomic E-state index is 12.7. The van der Waals surface area contributed by atoms with E-state index in [0.29, 0.717) is 23.7 Å². The number of aryl methyl sites for hydroxylation is 1. The van der Waals surface area contributed by atoms with E-state index in [-0.39, 0.29) is 5.91 Å². The summed E-state index contributed by atoms with van der Waals surface area (Å²) in [6.07, 6.45) is 0. The molecule has 0 unspecified atom stereocenters. The van der Waals surface area contributed by atoms with E-state index in [9.17, 15) is 4.79 Å². The number of carbonyl (C=O) groups excluding carboxylic acids is 1. The number of nitrogens with one attached hydrogen (secondary N) is 2. The molecular weight excluding hydrogens is 400 g/mol. The maximum Gasteiger partial charge on any atom is 0.255 e. The molecule has 32 heavy (non-hydrogen) atoms. The molecule has 0 spiro atoms. The summed E-state index contributed by atoms with van der Waals surface area (Å²) in [5, 5.41) is 14.7. The summed E-state index contributed by atoms with van der Waals surface area (Å²) < 4.78 is 5.43. The monoisotopic (exact) mass is 424 g/mol. The number of benzene rings is 3. The van der Waals surface area contributed by atoms with Crippen LogP contribution in [0.5, 0.6) is 5.75 Å². The number of anilines is 3. The van der Waals surface area contributed by atoms with Crippen LogP contribution >= 0.6 is 0 Å². The molecule has 0 aliphatic carbocycles. The Kier molecular flexibility index (Phi) is 6.41. The Labute approximate surface area is 187 Å². The molecule has 160 valence electrons. The summed E-state index contributed by atoms with van der Waals surface area (Å²) in [6, 6.07) is 26.5. The second-order valence-corrected chi connectivity index (χ2v) is 7.29. The van der Waals surface area contributed by atoms with Crippen LogP contribution in [0.1, 0.15) is 22.8 Å². The first-order chi connectivity index (χ1) is 15.6. The van der Waals surface area contributed by atoms with Gasteiger partial charge >= 0.3 is 0 Å². The Morgan fingerprint density at radius 2 is 1.66 bits per heavy atom. The molecule has 6 nitrogen and oxygen atoms in total. The lowest BCUT2D eigenvalue weighted by molar-refractivity contribution is 0.102. The van der Waals surface area contributed by atoms with Crippen LogP contribution in [0, 0.1) is 6.92 Å². The van der Waals surface area contributed by atoms with Gasteiger partial charge in [0.05, 0.1) is 12.3 Å². The number of amides is 1. The molecule has 0 bridgehead atoms. The van der Waals surface area contributed by atoms with Crippen molar-refractivity contribution in [3.8, 4) is 17.0 Å². The van der Waals surface area contributed by atoms with Crippen molar-refractivity contribution in [1.29, 1.82) is 0 Å². The minimum absolute atomic E-state index is 0.196. The highest BCUT2D eigenvalue weighted by molar-refractivity contribution is 6.04. The van der Waals surface area contributed by atoms with Gasteiger partial charge in [-0.15, -0.1) is 10.2 Å². The highest BCUT2D eigenvalue weighted by atomic mass is 16.5. The van der Waals surface area contributed by atoms with E-state index in [1.54, 1.807) is 12.1 Å². The molecule has 0 atom stereocenters. The SMILES string of the molecule is CCOc1ccc(NC(=O)c2cccc(Nc3ccc(-c4ccc(C)cc4)nn3)c2)cc1. The van der Waals surface area contributed by atoms with Crippen molar-refractivity contribution in [1.82, 2.24) is 10.2 Å². The molecule has 2 N–H and O–H groups in total. The van der Waals surface area contributed by atoms with Crippen LogP contribution in [0.25, 0.3) is 11.3 Å². The third-order valence-electron chi connectivity index (χ3n) is 4.83. The number of nitrogens with zero attached hydrogens (tertiary/aromatic N) is 2. The van der Waals surface area contributed by atoms with Gasteiger partial charge in [0.15, 0.2) is 5.82 Å². The molecule has 3 aromatic carbocycles. The number of hydrogen-bond donors (Lipinski definition) is 2. The van der Waals surface area contributed by atoms with E-state index in [4.69, 9.17) is 4.74 Å². The molecule has 1 aromatic heterocycles. The lowest BCUT2D eigenvalue weighted by Crippen LogP contribution is -2.12. The van der Waals surface area contributed by atoms with Crippen molar-refractivity contribution in [2.75, 3.05) is 17.2 Å². The molecule has 0 fully saturated rings. The Hall–Kier alpha value is -4.19. The van der Waals surface area contributed by atoms with Crippen molar-refractivity contribution in [2.24, 2.45) is 0 Å². The Balaban J connectivity index is 1.42. The molecule has 0 radical (unpaired) electrons. The van der Waals surface area contributed by atoms with Crippen molar-refractivity contribution >= 4 is 23.1 Å². The van der Waals surface area contributed by atoms with E-state index in [1.807, 2.05) is 79.7 Å². The number of rotatable bonds is 7. The second-order valence-electron chi connectivity index (χ2n) is 7.29. The van der Waals surface area contributed by atoms with Gasteiger partial charge in [0.1, 0.15) is 5.75 Å². The third-order valence-corrected chi connectivity index (χ3v) is 4.83. The van der Waals surface area contributed by atoms with Crippen LogP contribution in [0.15, 0.2) is 84.9 Å². The van der Waals surface area contributed by atoms with Crippen LogP contribution in [-0.4, -0.2) is 22.7 Å². The predicted molar refractivity (Wildman–Crippen MR) is 127 cm³/mol. The Morgan fingerprint density at radius 1 is 0.875 bits per heavy atom. The summed E-state index contributed by atoms with van der Waals surface area (Å²) in [7, 11) is 0. The van der Waals surface area contributed by atoms with E-state index in [1.165, 1.54) is 5.56 Å². The van der Waals surface area contributed by atoms with Crippen molar-refractivity contribution in [2.45, 2.75) is 13.8 Å². The Bertz CT molecular complexity index is 1190. The van der Waals surface area contributed by atoms with E-state index in [2.05, 4.69) is 27.8 Å². The Morgan fingerprint density at radius 3 is 2.34 bits per heavy atom. The normalized spacial score (nSPS) is 10.4. The van der Waals surface area contributed by atoms with Gasteiger partial charge in [-0.3, -0.25) is 4.79 Å².